The Labute approximate surface area is 127 Å². The largest absolute Gasteiger partial charge is 0.326 e. The highest BCUT2D eigenvalue weighted by Gasteiger charge is 2.11. The minimum Gasteiger partial charge on any atom is -0.326 e. The lowest BCUT2D eigenvalue weighted by molar-refractivity contribution is -0.116. The first-order chi connectivity index (χ1) is 9.45. The van der Waals surface area contributed by atoms with E-state index in [-0.39, 0.29) is 5.91 Å². The fraction of sp³-hybridized carbons (Fsp3) is 0.588. The van der Waals surface area contributed by atoms with Crippen LogP contribution < -0.4 is 5.32 Å². The quantitative estimate of drug-likeness (QED) is 0.538. The summed E-state index contributed by atoms with van der Waals surface area (Å²) in [6.45, 7) is 8.68. The Bertz CT molecular complexity index is 441. The third-order valence-electron chi connectivity index (χ3n) is 3.43. The summed E-state index contributed by atoms with van der Waals surface area (Å²) in [5, 5.41) is 3.03. The van der Waals surface area contributed by atoms with E-state index in [4.69, 9.17) is 11.6 Å². The van der Waals surface area contributed by atoms with Crippen LogP contribution in [-0.2, 0) is 4.79 Å². The fourth-order valence-corrected chi connectivity index (χ4v) is 2.31. The molecule has 0 fully saturated rings. The molecule has 0 saturated carbocycles. The lowest BCUT2D eigenvalue weighted by Crippen LogP contribution is -2.13. The maximum absolute atomic E-state index is 11.9. The van der Waals surface area contributed by atoms with Crippen molar-refractivity contribution < 1.29 is 4.79 Å². The van der Waals surface area contributed by atoms with E-state index in [0.717, 1.165) is 18.5 Å². The van der Waals surface area contributed by atoms with Crippen LogP contribution in [0.4, 0.5) is 5.69 Å². The van der Waals surface area contributed by atoms with Crippen molar-refractivity contribution in [2.75, 3.05) is 11.2 Å². The van der Waals surface area contributed by atoms with Gasteiger partial charge in [0.05, 0.1) is 0 Å². The second kappa shape index (κ2) is 8.31. The maximum atomic E-state index is 11.9. The van der Waals surface area contributed by atoms with Crippen LogP contribution in [0.1, 0.15) is 69.9 Å². The summed E-state index contributed by atoms with van der Waals surface area (Å²) < 4.78 is 0. The first kappa shape index (κ1) is 17.0. The fourth-order valence-electron chi connectivity index (χ4n) is 2.12. The Balaban J connectivity index is 2.81. The van der Waals surface area contributed by atoms with Gasteiger partial charge in [0.15, 0.2) is 0 Å². The van der Waals surface area contributed by atoms with Gasteiger partial charge in [0.1, 0.15) is 0 Å². The van der Waals surface area contributed by atoms with Crippen LogP contribution in [-0.4, -0.2) is 11.8 Å². The van der Waals surface area contributed by atoms with E-state index < -0.39 is 0 Å². The van der Waals surface area contributed by atoms with Gasteiger partial charge in [-0.05, 0) is 41.9 Å². The highest BCUT2D eigenvalue weighted by atomic mass is 35.5. The number of alkyl halides is 1. The van der Waals surface area contributed by atoms with Crippen molar-refractivity contribution in [3.63, 3.8) is 0 Å². The van der Waals surface area contributed by atoms with Gasteiger partial charge in [-0.15, -0.1) is 11.6 Å². The lowest BCUT2D eigenvalue weighted by Gasteiger charge is -2.17. The number of halogens is 1. The zero-order chi connectivity index (χ0) is 15.1. The van der Waals surface area contributed by atoms with Crippen molar-refractivity contribution in [2.45, 2.75) is 58.8 Å². The molecule has 0 bridgehead atoms. The molecule has 1 N–H and O–H groups in total. The van der Waals surface area contributed by atoms with Gasteiger partial charge in [-0.1, -0.05) is 39.8 Å². The van der Waals surface area contributed by atoms with Crippen LogP contribution in [0.15, 0.2) is 18.2 Å². The first-order valence-electron chi connectivity index (χ1n) is 7.45. The molecule has 0 radical (unpaired) electrons. The molecule has 112 valence electrons. The Morgan fingerprint density at radius 3 is 2.40 bits per heavy atom. The zero-order valence-electron chi connectivity index (χ0n) is 13.0. The van der Waals surface area contributed by atoms with Gasteiger partial charge in [-0.3, -0.25) is 4.79 Å². The predicted molar refractivity (Wildman–Crippen MR) is 87.8 cm³/mol. The third kappa shape index (κ3) is 5.16. The smallest absolute Gasteiger partial charge is 0.224 e. The Morgan fingerprint density at radius 1 is 1.15 bits per heavy atom. The molecule has 2 nitrogen and oxygen atoms in total. The van der Waals surface area contributed by atoms with E-state index in [1.165, 1.54) is 11.1 Å². The molecular formula is C17H26ClNO. The molecule has 0 aliphatic rings. The third-order valence-corrected chi connectivity index (χ3v) is 3.69. The molecule has 0 atom stereocenters. The lowest BCUT2D eigenvalue weighted by atomic mass is 9.94. The van der Waals surface area contributed by atoms with Gasteiger partial charge >= 0.3 is 0 Å². The summed E-state index contributed by atoms with van der Waals surface area (Å²) in [7, 11) is 0. The van der Waals surface area contributed by atoms with Crippen LogP contribution in [0, 0.1) is 0 Å². The number of nitrogens with one attached hydrogen (secondary N) is 1. The van der Waals surface area contributed by atoms with Crippen molar-refractivity contribution in [3.05, 3.63) is 29.3 Å². The van der Waals surface area contributed by atoms with Gasteiger partial charge in [0.2, 0.25) is 5.91 Å². The van der Waals surface area contributed by atoms with Gasteiger partial charge in [-0.2, -0.15) is 0 Å². The van der Waals surface area contributed by atoms with E-state index in [9.17, 15) is 4.79 Å². The average molecular weight is 296 g/mol. The monoisotopic (exact) mass is 295 g/mol. The standard InChI is InChI=1S/C17H26ClNO/c1-12(2)14-8-9-16(15(11-14)13(3)4)19-17(20)7-5-6-10-18/h8-9,11-13H,5-7,10H2,1-4H3,(H,19,20). The van der Waals surface area contributed by atoms with E-state index in [2.05, 4.69) is 45.1 Å². The van der Waals surface area contributed by atoms with Gasteiger partial charge in [0, 0.05) is 18.0 Å². The number of benzene rings is 1. The molecule has 0 unspecified atom stereocenters. The van der Waals surface area contributed by atoms with Gasteiger partial charge < -0.3 is 5.32 Å². The van der Waals surface area contributed by atoms with Crippen LogP contribution >= 0.6 is 11.6 Å². The number of carbonyl (C=O) groups excluding carboxylic acids is 1. The molecule has 0 saturated heterocycles. The highest BCUT2D eigenvalue weighted by molar-refractivity contribution is 6.17. The summed E-state index contributed by atoms with van der Waals surface area (Å²) >= 11 is 5.63. The predicted octanol–water partition coefficient (Wildman–Crippen LogP) is 5.28. The molecule has 0 aliphatic heterocycles. The molecular weight excluding hydrogens is 270 g/mol. The summed E-state index contributed by atoms with van der Waals surface area (Å²) in [5.74, 6) is 1.59. The van der Waals surface area contributed by atoms with Crippen molar-refractivity contribution in [2.24, 2.45) is 0 Å². The number of amides is 1. The average Bonchev–Trinajstić information content (AvgIpc) is 2.38. The molecule has 0 aromatic heterocycles. The minimum atomic E-state index is 0.0781. The van der Waals surface area contributed by atoms with Crippen molar-refractivity contribution in [1.82, 2.24) is 0 Å². The number of rotatable bonds is 7. The molecule has 3 heteroatoms. The Kier molecular flexibility index (Phi) is 7.08. The zero-order valence-corrected chi connectivity index (χ0v) is 13.8. The summed E-state index contributed by atoms with van der Waals surface area (Å²) in [4.78, 5) is 11.9. The van der Waals surface area contributed by atoms with Crippen LogP contribution in [0.5, 0.6) is 0 Å². The minimum absolute atomic E-state index is 0.0781. The van der Waals surface area contributed by atoms with Gasteiger partial charge in [-0.25, -0.2) is 0 Å². The normalized spacial score (nSPS) is 11.2. The second-order valence-electron chi connectivity index (χ2n) is 5.85. The number of hydrogen-bond acceptors (Lipinski definition) is 1. The molecule has 20 heavy (non-hydrogen) atoms. The summed E-state index contributed by atoms with van der Waals surface area (Å²) in [5.41, 5.74) is 3.47. The van der Waals surface area contributed by atoms with Crippen LogP contribution in [0.3, 0.4) is 0 Å². The van der Waals surface area contributed by atoms with Crippen molar-refractivity contribution in [1.29, 1.82) is 0 Å². The maximum Gasteiger partial charge on any atom is 0.224 e. The second-order valence-corrected chi connectivity index (χ2v) is 6.23. The van der Waals surface area contributed by atoms with Crippen LogP contribution in [0.25, 0.3) is 0 Å². The topological polar surface area (TPSA) is 29.1 Å². The number of unbranched alkanes of at least 4 members (excludes halogenated alkanes) is 1. The summed E-state index contributed by atoms with van der Waals surface area (Å²) in [6, 6.07) is 6.35. The molecule has 1 amide bonds. The number of carbonyl (C=O) groups is 1. The van der Waals surface area contributed by atoms with E-state index >= 15 is 0 Å². The molecule has 1 rings (SSSR count). The van der Waals surface area contributed by atoms with Gasteiger partial charge in [0.25, 0.3) is 0 Å². The molecule has 1 aromatic carbocycles. The van der Waals surface area contributed by atoms with E-state index in [1.54, 1.807) is 0 Å². The number of hydrogen-bond donors (Lipinski definition) is 1. The van der Waals surface area contributed by atoms with Crippen LogP contribution in [0.2, 0.25) is 0 Å². The van der Waals surface area contributed by atoms with Crippen molar-refractivity contribution >= 4 is 23.2 Å². The van der Waals surface area contributed by atoms with E-state index in [0.29, 0.717) is 24.1 Å². The van der Waals surface area contributed by atoms with Crippen molar-refractivity contribution in [3.8, 4) is 0 Å². The molecule has 1 aromatic rings. The SMILES string of the molecule is CC(C)c1ccc(NC(=O)CCCCCl)c(C(C)C)c1. The number of anilines is 1. The molecule has 0 spiro atoms. The Hall–Kier alpha value is -1.02. The first-order valence-corrected chi connectivity index (χ1v) is 7.98. The summed E-state index contributed by atoms with van der Waals surface area (Å²) in [6.07, 6.45) is 2.27. The molecule has 0 aliphatic carbocycles. The molecule has 0 heterocycles. The van der Waals surface area contributed by atoms with E-state index in [1.807, 2.05) is 6.07 Å². The highest BCUT2D eigenvalue weighted by Crippen LogP contribution is 2.28. The Morgan fingerprint density at radius 2 is 1.85 bits per heavy atom.